The Balaban J connectivity index is 1.65. The van der Waals surface area contributed by atoms with E-state index in [1.807, 2.05) is 11.3 Å². The lowest BCUT2D eigenvalue weighted by molar-refractivity contribution is 0.154. The zero-order valence-electron chi connectivity index (χ0n) is 12.9. The normalized spacial score (nSPS) is 22.4. The molecule has 0 spiro atoms. The first-order valence-corrected chi connectivity index (χ1v) is 9.14. The molecule has 2 heterocycles. The Hall–Kier alpha value is -0.380. The summed E-state index contributed by atoms with van der Waals surface area (Å²) in [4.78, 5) is 5.91. The molecule has 1 aromatic heterocycles. The molecule has 1 atom stereocenters. The quantitative estimate of drug-likeness (QED) is 0.857. The van der Waals surface area contributed by atoms with Crippen LogP contribution in [0.3, 0.4) is 0 Å². The van der Waals surface area contributed by atoms with E-state index in [-0.39, 0.29) is 0 Å². The monoisotopic (exact) mass is 292 g/mol. The second-order valence-electron chi connectivity index (χ2n) is 6.45. The summed E-state index contributed by atoms with van der Waals surface area (Å²) in [5.74, 6) is 0.907. The maximum Gasteiger partial charge on any atom is 0.0416 e. The number of rotatable bonds is 6. The van der Waals surface area contributed by atoms with Crippen LogP contribution in [-0.4, -0.2) is 30.6 Å². The lowest BCUT2D eigenvalue weighted by Crippen LogP contribution is -2.38. The number of thiophene rings is 1. The molecule has 0 aromatic carbocycles. The Morgan fingerprint density at radius 3 is 2.60 bits per heavy atom. The highest BCUT2D eigenvalue weighted by atomic mass is 32.1. The predicted molar refractivity (Wildman–Crippen MR) is 87.4 cm³/mol. The summed E-state index contributed by atoms with van der Waals surface area (Å²) < 4.78 is 0. The van der Waals surface area contributed by atoms with Gasteiger partial charge in [-0.3, -0.25) is 4.90 Å². The van der Waals surface area contributed by atoms with E-state index in [0.717, 1.165) is 12.0 Å². The van der Waals surface area contributed by atoms with Crippen molar-refractivity contribution in [2.75, 3.05) is 19.6 Å². The van der Waals surface area contributed by atoms with Crippen LogP contribution in [0.5, 0.6) is 0 Å². The smallest absolute Gasteiger partial charge is 0.0416 e. The molecule has 3 heteroatoms. The van der Waals surface area contributed by atoms with Gasteiger partial charge in [-0.1, -0.05) is 6.92 Å². The van der Waals surface area contributed by atoms with Gasteiger partial charge >= 0.3 is 0 Å². The summed E-state index contributed by atoms with van der Waals surface area (Å²) in [6.07, 6.45) is 6.74. The molecular weight excluding hydrogens is 264 g/mol. The van der Waals surface area contributed by atoms with E-state index < -0.39 is 0 Å². The third-order valence-corrected chi connectivity index (χ3v) is 6.28. The summed E-state index contributed by atoms with van der Waals surface area (Å²) in [6, 6.07) is 6.17. The number of nitrogens with zero attached hydrogens (tertiary/aromatic N) is 1. The highest BCUT2D eigenvalue weighted by molar-refractivity contribution is 7.12. The lowest BCUT2D eigenvalue weighted by atomic mass is 9.96. The predicted octanol–water partition coefficient (Wildman–Crippen LogP) is 3.84. The summed E-state index contributed by atoms with van der Waals surface area (Å²) in [5.41, 5.74) is 0. The molecule has 0 bridgehead atoms. The standard InChI is InChI=1S/C17H28N2S/c1-3-16-6-7-17(20-16)13(2)19(15-4-5-15)12-14-8-10-18-11-9-14/h6-7,13-15,18H,3-5,8-12H2,1-2H3. The molecule has 1 saturated carbocycles. The molecule has 3 rings (SSSR count). The molecule has 2 aliphatic rings. The van der Waals surface area contributed by atoms with Gasteiger partial charge in [0.2, 0.25) is 0 Å². The van der Waals surface area contributed by atoms with E-state index in [4.69, 9.17) is 0 Å². The Bertz CT molecular complexity index is 418. The van der Waals surface area contributed by atoms with Gasteiger partial charge in [-0.2, -0.15) is 0 Å². The highest BCUT2D eigenvalue weighted by Crippen LogP contribution is 2.37. The van der Waals surface area contributed by atoms with Crippen molar-refractivity contribution in [2.45, 2.75) is 58.0 Å². The van der Waals surface area contributed by atoms with Gasteiger partial charge in [-0.15, -0.1) is 11.3 Å². The molecule has 1 saturated heterocycles. The van der Waals surface area contributed by atoms with Gasteiger partial charge in [0.05, 0.1) is 0 Å². The fourth-order valence-corrected chi connectivity index (χ4v) is 4.39. The second kappa shape index (κ2) is 6.59. The van der Waals surface area contributed by atoms with Gasteiger partial charge in [0.25, 0.3) is 0 Å². The van der Waals surface area contributed by atoms with E-state index in [2.05, 4.69) is 36.2 Å². The van der Waals surface area contributed by atoms with Crippen LogP contribution >= 0.6 is 11.3 Å². The maximum absolute atomic E-state index is 3.49. The minimum atomic E-state index is 0.614. The molecule has 0 radical (unpaired) electrons. The van der Waals surface area contributed by atoms with Crippen molar-refractivity contribution in [3.8, 4) is 0 Å². The summed E-state index contributed by atoms with van der Waals surface area (Å²) in [7, 11) is 0. The van der Waals surface area contributed by atoms with E-state index in [1.54, 1.807) is 4.88 Å². The van der Waals surface area contributed by atoms with Crippen LogP contribution in [0, 0.1) is 5.92 Å². The fraction of sp³-hybridized carbons (Fsp3) is 0.765. The van der Waals surface area contributed by atoms with Crippen molar-refractivity contribution in [3.05, 3.63) is 21.9 Å². The first-order valence-electron chi connectivity index (χ1n) is 8.33. The summed E-state index contributed by atoms with van der Waals surface area (Å²) in [5, 5.41) is 3.49. The van der Waals surface area contributed by atoms with Crippen LogP contribution in [0.15, 0.2) is 12.1 Å². The molecule has 20 heavy (non-hydrogen) atoms. The van der Waals surface area contributed by atoms with Gasteiger partial charge in [0, 0.05) is 28.4 Å². The Labute approximate surface area is 127 Å². The number of piperidine rings is 1. The van der Waals surface area contributed by atoms with Crippen LogP contribution in [0.2, 0.25) is 0 Å². The van der Waals surface area contributed by atoms with Crippen molar-refractivity contribution >= 4 is 11.3 Å². The van der Waals surface area contributed by atoms with E-state index in [1.165, 1.54) is 56.6 Å². The van der Waals surface area contributed by atoms with Crippen LogP contribution in [-0.2, 0) is 6.42 Å². The molecule has 2 nitrogen and oxygen atoms in total. The van der Waals surface area contributed by atoms with Gasteiger partial charge in [-0.05, 0) is 70.2 Å². The SMILES string of the molecule is CCc1ccc(C(C)N(CC2CCNCC2)C2CC2)s1. The molecule has 2 fully saturated rings. The van der Waals surface area contributed by atoms with Crippen LogP contribution in [0.25, 0.3) is 0 Å². The third-order valence-electron chi connectivity index (χ3n) is 4.88. The largest absolute Gasteiger partial charge is 0.317 e. The van der Waals surface area contributed by atoms with Crippen LogP contribution < -0.4 is 5.32 Å². The fourth-order valence-electron chi connectivity index (χ4n) is 3.36. The maximum atomic E-state index is 3.49. The average Bonchev–Trinajstić information content (AvgIpc) is 3.21. The van der Waals surface area contributed by atoms with Crippen LogP contribution in [0.1, 0.15) is 55.3 Å². The molecular formula is C17H28N2S. The molecule has 1 aliphatic heterocycles. The third kappa shape index (κ3) is 3.44. The van der Waals surface area contributed by atoms with Gasteiger partial charge in [-0.25, -0.2) is 0 Å². The van der Waals surface area contributed by atoms with Crippen molar-refractivity contribution in [2.24, 2.45) is 5.92 Å². The summed E-state index contributed by atoms with van der Waals surface area (Å²) in [6.45, 7) is 8.43. The van der Waals surface area contributed by atoms with Crippen molar-refractivity contribution < 1.29 is 0 Å². The minimum Gasteiger partial charge on any atom is -0.317 e. The molecule has 1 unspecified atom stereocenters. The topological polar surface area (TPSA) is 15.3 Å². The zero-order valence-corrected chi connectivity index (χ0v) is 13.7. The van der Waals surface area contributed by atoms with Crippen molar-refractivity contribution in [3.63, 3.8) is 0 Å². The molecule has 1 aromatic rings. The molecule has 0 amide bonds. The molecule has 1 N–H and O–H groups in total. The van der Waals surface area contributed by atoms with E-state index in [9.17, 15) is 0 Å². The number of aryl methyl sites for hydroxylation is 1. The highest BCUT2D eigenvalue weighted by Gasteiger charge is 2.34. The van der Waals surface area contributed by atoms with Gasteiger partial charge in [0.15, 0.2) is 0 Å². The average molecular weight is 292 g/mol. The Morgan fingerprint density at radius 1 is 1.25 bits per heavy atom. The van der Waals surface area contributed by atoms with Gasteiger partial charge < -0.3 is 5.32 Å². The van der Waals surface area contributed by atoms with E-state index >= 15 is 0 Å². The molecule has 1 aliphatic carbocycles. The summed E-state index contributed by atoms with van der Waals surface area (Å²) >= 11 is 2.02. The second-order valence-corrected chi connectivity index (χ2v) is 7.65. The number of nitrogens with one attached hydrogen (secondary N) is 1. The van der Waals surface area contributed by atoms with Crippen LogP contribution in [0.4, 0.5) is 0 Å². The first-order chi connectivity index (χ1) is 9.78. The van der Waals surface area contributed by atoms with E-state index in [0.29, 0.717) is 6.04 Å². The first kappa shape index (κ1) is 14.6. The minimum absolute atomic E-state index is 0.614. The van der Waals surface area contributed by atoms with Crippen molar-refractivity contribution in [1.82, 2.24) is 10.2 Å². The Kier molecular flexibility index (Phi) is 4.79. The lowest BCUT2D eigenvalue weighted by Gasteiger charge is -2.34. The number of hydrogen-bond acceptors (Lipinski definition) is 3. The molecule has 112 valence electrons. The Morgan fingerprint density at radius 2 is 2.00 bits per heavy atom. The van der Waals surface area contributed by atoms with Gasteiger partial charge in [0.1, 0.15) is 0 Å². The van der Waals surface area contributed by atoms with Crippen molar-refractivity contribution in [1.29, 1.82) is 0 Å². The zero-order chi connectivity index (χ0) is 13.9. The number of hydrogen-bond donors (Lipinski definition) is 1.